The number of thiazole rings is 1. The fourth-order valence-electron chi connectivity index (χ4n) is 1.58. The van der Waals surface area contributed by atoms with Crippen LogP contribution >= 0.6 is 11.3 Å². The van der Waals surface area contributed by atoms with Crippen LogP contribution in [0.4, 0.5) is 5.13 Å². The molecule has 0 aromatic carbocycles. The van der Waals surface area contributed by atoms with Crippen LogP contribution in [-0.4, -0.2) is 31.0 Å². The highest BCUT2D eigenvalue weighted by molar-refractivity contribution is 7.16. The molecule has 1 atom stereocenters. The third-order valence-corrected chi connectivity index (χ3v) is 3.83. The minimum absolute atomic E-state index is 0.134. The zero-order valence-electron chi connectivity index (χ0n) is 9.31. The molecule has 0 N–H and O–H groups in total. The minimum atomic E-state index is -0.460. The lowest BCUT2D eigenvalue weighted by molar-refractivity contribution is -0.152. The molecule has 1 fully saturated rings. The summed E-state index contributed by atoms with van der Waals surface area (Å²) in [5, 5.41) is 0.833. The summed E-state index contributed by atoms with van der Waals surface area (Å²) in [6, 6.07) is 0. The summed E-state index contributed by atoms with van der Waals surface area (Å²) < 4.78 is 4.54. The van der Waals surface area contributed by atoms with Crippen molar-refractivity contribution in [1.29, 1.82) is 0 Å². The number of hydrogen-bond donors (Lipinski definition) is 0. The number of esters is 2. The molecule has 1 unspecified atom stereocenters. The number of cyclic esters (lactones) is 2. The van der Waals surface area contributed by atoms with Crippen LogP contribution in [0, 0.1) is 6.92 Å². The Hall–Kier alpha value is -1.43. The van der Waals surface area contributed by atoms with Gasteiger partial charge in [0.25, 0.3) is 0 Å². The first-order chi connectivity index (χ1) is 7.49. The van der Waals surface area contributed by atoms with Crippen molar-refractivity contribution in [3.63, 3.8) is 0 Å². The van der Waals surface area contributed by atoms with E-state index in [0.717, 1.165) is 15.7 Å². The molecule has 1 aliphatic rings. The van der Waals surface area contributed by atoms with E-state index < -0.39 is 17.9 Å². The van der Waals surface area contributed by atoms with Gasteiger partial charge in [-0.25, -0.2) is 4.98 Å². The van der Waals surface area contributed by atoms with Crippen LogP contribution in [0.5, 0.6) is 0 Å². The van der Waals surface area contributed by atoms with Crippen molar-refractivity contribution < 1.29 is 14.3 Å². The highest BCUT2D eigenvalue weighted by Crippen LogP contribution is 2.36. The number of carbonyl (C=O) groups is 2. The van der Waals surface area contributed by atoms with Gasteiger partial charge in [-0.3, -0.25) is 9.59 Å². The van der Waals surface area contributed by atoms with E-state index in [1.165, 1.54) is 11.3 Å². The van der Waals surface area contributed by atoms with Crippen LogP contribution in [-0.2, 0) is 14.3 Å². The van der Waals surface area contributed by atoms with Crippen molar-refractivity contribution in [2.45, 2.75) is 19.3 Å². The van der Waals surface area contributed by atoms with Gasteiger partial charge in [0.2, 0.25) is 0 Å². The predicted octanol–water partition coefficient (Wildman–Crippen LogP) is 1.07. The molecule has 0 saturated carbocycles. The summed E-state index contributed by atoms with van der Waals surface area (Å²) in [7, 11) is 3.78. The van der Waals surface area contributed by atoms with Crippen LogP contribution in [0.25, 0.3) is 0 Å². The maximum atomic E-state index is 11.4. The molecule has 6 heteroatoms. The molecule has 5 nitrogen and oxygen atoms in total. The number of anilines is 1. The van der Waals surface area contributed by atoms with Gasteiger partial charge >= 0.3 is 11.9 Å². The molecular weight excluding hydrogens is 228 g/mol. The van der Waals surface area contributed by atoms with Gasteiger partial charge in [-0.15, -0.1) is 11.3 Å². The smallest absolute Gasteiger partial charge is 0.322 e. The second kappa shape index (κ2) is 3.86. The molecule has 0 amide bonds. The summed E-state index contributed by atoms with van der Waals surface area (Å²) in [5.41, 5.74) is 0.797. The van der Waals surface area contributed by atoms with E-state index in [1.807, 2.05) is 25.9 Å². The Balaban J connectivity index is 2.33. The largest absolute Gasteiger partial charge is 0.393 e. The van der Waals surface area contributed by atoms with E-state index in [2.05, 4.69) is 9.72 Å². The third-order valence-electron chi connectivity index (χ3n) is 2.39. The molecule has 86 valence electrons. The Morgan fingerprint density at radius 1 is 1.44 bits per heavy atom. The van der Waals surface area contributed by atoms with E-state index in [1.54, 1.807) is 0 Å². The normalized spacial score (nSPS) is 20.1. The predicted molar refractivity (Wildman–Crippen MR) is 59.6 cm³/mol. The summed E-state index contributed by atoms with van der Waals surface area (Å²) >= 11 is 1.43. The summed E-state index contributed by atoms with van der Waals surface area (Å²) in [6.45, 7) is 1.84. The number of hydrogen-bond acceptors (Lipinski definition) is 6. The first kappa shape index (κ1) is 11.1. The highest BCUT2D eigenvalue weighted by Gasteiger charge is 2.37. The number of rotatable bonds is 2. The van der Waals surface area contributed by atoms with Crippen LogP contribution in [0.2, 0.25) is 0 Å². The molecule has 0 bridgehead atoms. The Bertz CT molecular complexity index is 453. The lowest BCUT2D eigenvalue weighted by Gasteiger charge is -2.05. The fraction of sp³-hybridized carbons (Fsp3) is 0.500. The van der Waals surface area contributed by atoms with Gasteiger partial charge < -0.3 is 9.64 Å². The van der Waals surface area contributed by atoms with Crippen LogP contribution in [0.1, 0.15) is 22.9 Å². The summed E-state index contributed by atoms with van der Waals surface area (Å²) in [6.07, 6.45) is 0.134. The topological polar surface area (TPSA) is 59.5 Å². The quantitative estimate of drug-likeness (QED) is 0.571. The average Bonchev–Trinajstić information content (AvgIpc) is 2.69. The molecule has 16 heavy (non-hydrogen) atoms. The Morgan fingerprint density at radius 3 is 2.56 bits per heavy atom. The lowest BCUT2D eigenvalue weighted by Crippen LogP contribution is -2.07. The molecule has 2 heterocycles. The van der Waals surface area contributed by atoms with Crippen molar-refractivity contribution in [3.8, 4) is 0 Å². The third kappa shape index (κ3) is 1.80. The van der Waals surface area contributed by atoms with Gasteiger partial charge in [0.15, 0.2) is 5.13 Å². The molecular formula is C10H12N2O3S. The van der Waals surface area contributed by atoms with Gasteiger partial charge in [0, 0.05) is 19.0 Å². The number of aryl methyl sites for hydroxylation is 1. The maximum Gasteiger partial charge on any atom is 0.322 e. The number of ether oxygens (including phenoxy) is 1. The first-order valence-corrected chi connectivity index (χ1v) is 5.70. The number of aromatic nitrogens is 1. The summed E-state index contributed by atoms with van der Waals surface area (Å²) in [5.74, 6) is -1.37. The Labute approximate surface area is 97.0 Å². The second-order valence-corrected chi connectivity index (χ2v) is 4.90. The molecule has 0 spiro atoms. The van der Waals surface area contributed by atoms with Crippen LogP contribution < -0.4 is 4.90 Å². The lowest BCUT2D eigenvalue weighted by atomic mass is 10.1. The highest BCUT2D eigenvalue weighted by atomic mass is 32.1. The molecule has 1 aromatic heterocycles. The van der Waals surface area contributed by atoms with E-state index >= 15 is 0 Å². The van der Waals surface area contributed by atoms with Gasteiger partial charge in [0.05, 0.1) is 12.1 Å². The van der Waals surface area contributed by atoms with Crippen LogP contribution in [0.15, 0.2) is 0 Å². The summed E-state index contributed by atoms with van der Waals surface area (Å²) in [4.78, 5) is 29.5. The second-order valence-electron chi connectivity index (χ2n) is 3.89. The first-order valence-electron chi connectivity index (χ1n) is 4.88. The molecule has 0 aliphatic carbocycles. The van der Waals surface area contributed by atoms with Crippen LogP contribution in [0.3, 0.4) is 0 Å². The number of nitrogens with zero attached hydrogens (tertiary/aromatic N) is 2. The SMILES string of the molecule is Cc1nc(N(C)C)sc1C1CC(=O)OC1=O. The van der Waals surface area contributed by atoms with Gasteiger partial charge in [-0.1, -0.05) is 0 Å². The monoisotopic (exact) mass is 240 g/mol. The molecule has 1 aliphatic heterocycles. The van der Waals surface area contributed by atoms with Gasteiger partial charge in [-0.2, -0.15) is 0 Å². The Morgan fingerprint density at radius 2 is 2.12 bits per heavy atom. The van der Waals surface area contributed by atoms with E-state index in [-0.39, 0.29) is 6.42 Å². The average molecular weight is 240 g/mol. The van der Waals surface area contributed by atoms with Crippen molar-refractivity contribution in [2.75, 3.05) is 19.0 Å². The maximum absolute atomic E-state index is 11.4. The molecule has 1 saturated heterocycles. The fourth-order valence-corrected chi connectivity index (χ4v) is 2.66. The molecule has 0 radical (unpaired) electrons. The molecule has 1 aromatic rings. The van der Waals surface area contributed by atoms with Crippen molar-refractivity contribution >= 4 is 28.4 Å². The van der Waals surface area contributed by atoms with Crippen molar-refractivity contribution in [1.82, 2.24) is 4.98 Å². The van der Waals surface area contributed by atoms with Crippen molar-refractivity contribution in [2.24, 2.45) is 0 Å². The van der Waals surface area contributed by atoms with Gasteiger partial charge in [-0.05, 0) is 6.92 Å². The Kier molecular flexibility index (Phi) is 2.67. The van der Waals surface area contributed by atoms with E-state index in [4.69, 9.17) is 0 Å². The zero-order valence-corrected chi connectivity index (χ0v) is 10.1. The van der Waals surface area contributed by atoms with E-state index in [9.17, 15) is 9.59 Å². The standard InChI is InChI=1S/C10H12N2O3S/c1-5-8(16-10(11-5)12(2)3)6-4-7(13)15-9(6)14/h6H,4H2,1-3H3. The number of carbonyl (C=O) groups excluding carboxylic acids is 2. The zero-order chi connectivity index (χ0) is 11.9. The minimum Gasteiger partial charge on any atom is -0.393 e. The molecule has 2 rings (SSSR count). The van der Waals surface area contributed by atoms with E-state index in [0.29, 0.717) is 0 Å². The van der Waals surface area contributed by atoms with Crippen molar-refractivity contribution in [3.05, 3.63) is 10.6 Å². The van der Waals surface area contributed by atoms with Gasteiger partial charge in [0.1, 0.15) is 5.92 Å².